The van der Waals surface area contributed by atoms with Gasteiger partial charge in [0.25, 0.3) is 0 Å². The third-order valence-electron chi connectivity index (χ3n) is 2.74. The molecule has 0 fully saturated rings. The molecule has 0 heteroatoms. The third-order valence-corrected chi connectivity index (χ3v) is 2.74. The first-order valence-corrected chi connectivity index (χ1v) is 4.71. The first kappa shape index (κ1) is 8.31. The highest BCUT2D eigenvalue weighted by Crippen LogP contribution is 2.32. The van der Waals surface area contributed by atoms with E-state index >= 15 is 0 Å². The molecule has 0 amide bonds. The molecule has 66 valence electrons. The summed E-state index contributed by atoms with van der Waals surface area (Å²) in [6.07, 6.45) is 3.44. The summed E-state index contributed by atoms with van der Waals surface area (Å²) in [5, 5.41) is 0. The molecular weight excluding hydrogens is 156 g/mol. The zero-order valence-electron chi connectivity index (χ0n) is 8.17. The minimum atomic E-state index is 1.12. The highest BCUT2D eigenvalue weighted by Gasteiger charge is 2.11. The van der Waals surface area contributed by atoms with Gasteiger partial charge in [0.1, 0.15) is 0 Å². The van der Waals surface area contributed by atoms with Gasteiger partial charge < -0.3 is 0 Å². The second-order valence-electron chi connectivity index (χ2n) is 3.59. The van der Waals surface area contributed by atoms with Crippen molar-refractivity contribution in [1.82, 2.24) is 0 Å². The molecule has 0 spiro atoms. The molecule has 1 aliphatic rings. The number of hydrogen-bond acceptors (Lipinski definition) is 0. The second-order valence-corrected chi connectivity index (χ2v) is 3.59. The molecule has 0 saturated heterocycles. The van der Waals surface area contributed by atoms with Gasteiger partial charge in [-0.2, -0.15) is 0 Å². The van der Waals surface area contributed by atoms with Crippen molar-refractivity contribution < 1.29 is 0 Å². The summed E-state index contributed by atoms with van der Waals surface area (Å²) in [4.78, 5) is 0. The normalized spacial score (nSPS) is 16.3. The molecule has 0 aliphatic heterocycles. The van der Waals surface area contributed by atoms with E-state index in [0.717, 1.165) is 6.42 Å². The van der Waals surface area contributed by atoms with Crippen molar-refractivity contribution in [3.8, 4) is 0 Å². The lowest BCUT2D eigenvalue weighted by molar-refractivity contribution is 1.22. The molecule has 1 aromatic carbocycles. The monoisotopic (exact) mass is 170 g/mol. The highest BCUT2D eigenvalue weighted by atomic mass is 14.2. The van der Waals surface area contributed by atoms with Crippen molar-refractivity contribution in [1.29, 1.82) is 0 Å². The van der Waals surface area contributed by atoms with E-state index < -0.39 is 0 Å². The first-order valence-electron chi connectivity index (χ1n) is 4.71. The Morgan fingerprint density at radius 1 is 1.00 bits per heavy atom. The van der Waals surface area contributed by atoms with E-state index in [0.29, 0.717) is 0 Å². The average Bonchev–Trinajstić information content (AvgIpc) is 2.49. The molecule has 0 nitrogen and oxygen atoms in total. The van der Waals surface area contributed by atoms with E-state index in [4.69, 9.17) is 0 Å². The number of rotatable bonds is 1. The van der Waals surface area contributed by atoms with Gasteiger partial charge >= 0.3 is 0 Å². The quantitative estimate of drug-likeness (QED) is 0.601. The number of hydrogen-bond donors (Lipinski definition) is 0. The topological polar surface area (TPSA) is 0 Å². The van der Waals surface area contributed by atoms with E-state index in [1.807, 2.05) is 0 Å². The molecular formula is C13H14. The standard InChI is InChI=1S/C13H14/c1-10-8-9-13(11(10)2)12-6-4-3-5-7-12/h3-7,9H,8H2,1-2H3. The van der Waals surface area contributed by atoms with Gasteiger partial charge in [-0.05, 0) is 37.0 Å². The number of allylic oxidation sites excluding steroid dienone is 4. The maximum atomic E-state index is 2.32. The van der Waals surface area contributed by atoms with Gasteiger partial charge in [0, 0.05) is 0 Å². The van der Waals surface area contributed by atoms with Crippen LogP contribution in [0, 0.1) is 0 Å². The van der Waals surface area contributed by atoms with Crippen molar-refractivity contribution in [2.24, 2.45) is 0 Å². The van der Waals surface area contributed by atoms with Crippen LogP contribution in [0.3, 0.4) is 0 Å². The van der Waals surface area contributed by atoms with Crippen LogP contribution in [-0.2, 0) is 0 Å². The van der Waals surface area contributed by atoms with Crippen LogP contribution in [0.4, 0.5) is 0 Å². The maximum Gasteiger partial charge on any atom is -0.0126 e. The molecule has 0 bridgehead atoms. The lowest BCUT2D eigenvalue weighted by Gasteiger charge is -2.04. The summed E-state index contributed by atoms with van der Waals surface area (Å²) < 4.78 is 0. The molecule has 1 aliphatic carbocycles. The Labute approximate surface area is 79.6 Å². The summed E-state index contributed by atoms with van der Waals surface area (Å²) in [6.45, 7) is 4.42. The predicted molar refractivity (Wildman–Crippen MR) is 57.4 cm³/mol. The van der Waals surface area contributed by atoms with Crippen molar-refractivity contribution in [3.05, 3.63) is 53.1 Å². The molecule has 0 atom stereocenters. The molecule has 0 N–H and O–H groups in total. The zero-order chi connectivity index (χ0) is 9.26. The lowest BCUT2D eigenvalue weighted by Crippen LogP contribution is -1.82. The molecule has 0 heterocycles. The van der Waals surface area contributed by atoms with Crippen LogP contribution < -0.4 is 0 Å². The van der Waals surface area contributed by atoms with Gasteiger partial charge in [-0.15, -0.1) is 0 Å². The predicted octanol–water partition coefficient (Wildman–Crippen LogP) is 3.81. The van der Waals surface area contributed by atoms with Gasteiger partial charge in [-0.1, -0.05) is 42.0 Å². The molecule has 13 heavy (non-hydrogen) atoms. The van der Waals surface area contributed by atoms with Crippen molar-refractivity contribution in [2.45, 2.75) is 20.3 Å². The summed E-state index contributed by atoms with van der Waals surface area (Å²) in [7, 11) is 0. The van der Waals surface area contributed by atoms with E-state index in [-0.39, 0.29) is 0 Å². The minimum absolute atomic E-state index is 1.12. The third kappa shape index (κ3) is 1.44. The largest absolute Gasteiger partial charge is 0.0723 e. The molecule has 0 radical (unpaired) electrons. The van der Waals surface area contributed by atoms with E-state index in [1.165, 1.54) is 22.3 Å². The van der Waals surface area contributed by atoms with E-state index in [9.17, 15) is 0 Å². The Bertz CT molecular complexity index is 366. The Hall–Kier alpha value is -1.30. The summed E-state index contributed by atoms with van der Waals surface area (Å²) >= 11 is 0. The average molecular weight is 170 g/mol. The fourth-order valence-corrected chi connectivity index (χ4v) is 1.74. The van der Waals surface area contributed by atoms with Gasteiger partial charge in [-0.3, -0.25) is 0 Å². The molecule has 0 saturated carbocycles. The van der Waals surface area contributed by atoms with Crippen LogP contribution in [0.5, 0.6) is 0 Å². The SMILES string of the molecule is CC1=C(C)C(c2ccccc2)=CC1. The van der Waals surface area contributed by atoms with E-state index in [2.05, 4.69) is 50.3 Å². The Morgan fingerprint density at radius 3 is 2.23 bits per heavy atom. The van der Waals surface area contributed by atoms with Crippen LogP contribution >= 0.6 is 0 Å². The molecule has 0 unspecified atom stereocenters. The van der Waals surface area contributed by atoms with E-state index in [1.54, 1.807) is 0 Å². The van der Waals surface area contributed by atoms with Gasteiger partial charge in [0.05, 0.1) is 0 Å². The van der Waals surface area contributed by atoms with Gasteiger partial charge in [-0.25, -0.2) is 0 Å². The molecule has 1 aromatic rings. The smallest absolute Gasteiger partial charge is 0.0126 e. The first-order chi connectivity index (χ1) is 6.29. The van der Waals surface area contributed by atoms with Gasteiger partial charge in [0.15, 0.2) is 0 Å². The minimum Gasteiger partial charge on any atom is -0.0723 e. The van der Waals surface area contributed by atoms with Gasteiger partial charge in [0.2, 0.25) is 0 Å². The molecule has 0 aromatic heterocycles. The van der Waals surface area contributed by atoms with Crippen LogP contribution in [0.1, 0.15) is 25.8 Å². The van der Waals surface area contributed by atoms with Crippen molar-refractivity contribution >= 4 is 5.57 Å². The van der Waals surface area contributed by atoms with Crippen LogP contribution in [0.2, 0.25) is 0 Å². The Morgan fingerprint density at radius 2 is 1.69 bits per heavy atom. The molecule has 2 rings (SSSR count). The van der Waals surface area contributed by atoms with Crippen LogP contribution in [0.25, 0.3) is 5.57 Å². The van der Waals surface area contributed by atoms with Crippen LogP contribution in [0.15, 0.2) is 47.6 Å². The van der Waals surface area contributed by atoms with Crippen LogP contribution in [-0.4, -0.2) is 0 Å². The lowest BCUT2D eigenvalue weighted by atomic mass is 10.0. The summed E-state index contributed by atoms with van der Waals surface area (Å²) in [6, 6.07) is 10.6. The highest BCUT2D eigenvalue weighted by molar-refractivity contribution is 5.81. The number of benzene rings is 1. The summed E-state index contributed by atoms with van der Waals surface area (Å²) in [5.41, 5.74) is 5.71. The Kier molecular flexibility index (Phi) is 2.05. The van der Waals surface area contributed by atoms with Crippen molar-refractivity contribution in [3.63, 3.8) is 0 Å². The van der Waals surface area contributed by atoms with Crippen molar-refractivity contribution in [2.75, 3.05) is 0 Å². The fourth-order valence-electron chi connectivity index (χ4n) is 1.74. The Balaban J connectivity index is 2.40. The zero-order valence-corrected chi connectivity index (χ0v) is 8.17. The maximum absolute atomic E-state index is 2.32. The fraction of sp³-hybridized carbons (Fsp3) is 0.231. The summed E-state index contributed by atoms with van der Waals surface area (Å²) in [5.74, 6) is 0. The second kappa shape index (κ2) is 3.21.